The second kappa shape index (κ2) is 15.9. The Morgan fingerprint density at radius 2 is 0.516 bits per heavy atom. The minimum absolute atomic E-state index is 0.591. The van der Waals surface area contributed by atoms with Crippen LogP contribution in [0.15, 0.2) is 206 Å². The maximum atomic E-state index is 5.19. The quantitative estimate of drug-likeness (QED) is 0.150. The van der Waals surface area contributed by atoms with Gasteiger partial charge in [0.15, 0.2) is 23.3 Å². The Balaban J connectivity index is 1.09. The van der Waals surface area contributed by atoms with Crippen LogP contribution in [0.2, 0.25) is 0 Å². The second-order valence-electron chi connectivity index (χ2n) is 14.8. The van der Waals surface area contributed by atoms with Crippen LogP contribution in [0.25, 0.3) is 113 Å². The van der Waals surface area contributed by atoms with Crippen molar-refractivity contribution in [1.29, 1.82) is 0 Å². The third-order valence-corrected chi connectivity index (χ3v) is 10.7. The van der Waals surface area contributed by atoms with Crippen molar-refractivity contribution >= 4 is 21.8 Å². The van der Waals surface area contributed by atoms with Crippen molar-refractivity contribution in [2.45, 2.75) is 0 Å². The molecule has 0 amide bonds. The highest BCUT2D eigenvalue weighted by atomic mass is 15.0. The van der Waals surface area contributed by atoms with Crippen molar-refractivity contribution in [2.75, 3.05) is 0 Å². The van der Waals surface area contributed by atoms with E-state index in [0.717, 1.165) is 78.0 Å². The van der Waals surface area contributed by atoms with Crippen molar-refractivity contribution in [3.05, 3.63) is 206 Å². The van der Waals surface area contributed by atoms with Crippen LogP contribution in [-0.4, -0.2) is 39.9 Å². The first-order chi connectivity index (χ1) is 30.7. The van der Waals surface area contributed by atoms with Crippen molar-refractivity contribution in [2.24, 2.45) is 0 Å². The third kappa shape index (κ3) is 7.12. The summed E-state index contributed by atoms with van der Waals surface area (Å²) in [5, 5.41) is 1.80. The third-order valence-electron chi connectivity index (χ3n) is 10.7. The number of fused-ring (bicyclic) bond motifs is 2. The largest absolute Gasteiger partial charge is 0.228 e. The zero-order valence-electron chi connectivity index (χ0n) is 33.2. The summed E-state index contributed by atoms with van der Waals surface area (Å²) in [6, 6.07) is 68.7. The second-order valence-corrected chi connectivity index (χ2v) is 14.8. The van der Waals surface area contributed by atoms with Gasteiger partial charge in [-0.1, -0.05) is 176 Å². The highest BCUT2D eigenvalue weighted by molar-refractivity contribution is 5.95. The van der Waals surface area contributed by atoms with Crippen molar-refractivity contribution in [3.63, 3.8) is 0 Å². The molecule has 0 atom stereocenters. The molecular weight excluding hydrogens is 761 g/mol. The summed E-state index contributed by atoms with van der Waals surface area (Å²) in [5.41, 5.74) is 11.4. The van der Waals surface area contributed by atoms with Gasteiger partial charge in [-0.05, 0) is 30.3 Å². The van der Waals surface area contributed by atoms with E-state index in [4.69, 9.17) is 39.9 Å². The number of benzene rings is 7. The van der Waals surface area contributed by atoms with Crippen LogP contribution >= 0.6 is 0 Å². The van der Waals surface area contributed by atoms with Crippen LogP contribution in [0.1, 0.15) is 0 Å². The first kappa shape index (κ1) is 36.5. The monoisotopic (exact) mass is 794 g/mol. The van der Waals surface area contributed by atoms with E-state index in [9.17, 15) is 0 Å². The molecule has 7 aromatic carbocycles. The van der Waals surface area contributed by atoms with E-state index < -0.39 is 0 Å². The van der Waals surface area contributed by atoms with Crippen LogP contribution < -0.4 is 0 Å². The van der Waals surface area contributed by atoms with Crippen LogP contribution in [0, 0.1) is 0 Å². The van der Waals surface area contributed by atoms with Gasteiger partial charge < -0.3 is 0 Å². The van der Waals surface area contributed by atoms with E-state index in [2.05, 4.69) is 18.2 Å². The molecule has 0 saturated carbocycles. The molecule has 290 valence electrons. The average Bonchev–Trinajstić information content (AvgIpc) is 3.36. The maximum absolute atomic E-state index is 5.19. The van der Waals surface area contributed by atoms with Gasteiger partial charge in [-0.2, -0.15) is 0 Å². The number of hydrogen-bond donors (Lipinski definition) is 0. The van der Waals surface area contributed by atoms with E-state index in [-0.39, 0.29) is 0 Å². The zero-order valence-corrected chi connectivity index (χ0v) is 33.2. The summed E-state index contributed by atoms with van der Waals surface area (Å²) in [7, 11) is 0. The Hall–Kier alpha value is -8.62. The van der Waals surface area contributed by atoms with Crippen molar-refractivity contribution in [1.82, 2.24) is 39.9 Å². The maximum Gasteiger partial charge on any atom is 0.160 e. The zero-order chi connectivity index (χ0) is 41.2. The van der Waals surface area contributed by atoms with Gasteiger partial charge in [-0.3, -0.25) is 0 Å². The molecule has 62 heavy (non-hydrogen) atoms. The lowest BCUT2D eigenvalue weighted by atomic mass is 10.0. The number of hydrogen-bond acceptors (Lipinski definition) is 8. The standard InChI is InChI=1S/C54H34N8/c1-5-18-35(19-6-1)51-57-45(33-47(59-51)49-41-28-13-15-30-43(41)55-53(61-49)37-22-9-3-10-23-37)39-26-17-27-40(32-39)46-34-48(60-52(58-46)36-20-7-2-8-21-36)50-42-29-14-16-31-44(42)56-54(62-50)38-24-11-4-12-25-38/h1-34H. The smallest absolute Gasteiger partial charge is 0.160 e. The SMILES string of the molecule is c1ccc(-c2nc(-c3cccc(-c4cc(-c5nc(-c6ccccc6)nc6ccccc56)nc(-c5ccccc5)n4)c3)cc(-c3nc(-c4ccccc4)nc4ccccc34)n2)cc1. The van der Waals surface area contributed by atoms with Gasteiger partial charge in [0.25, 0.3) is 0 Å². The Bertz CT molecular complexity index is 3170. The molecule has 8 nitrogen and oxygen atoms in total. The molecule has 0 unspecified atom stereocenters. The lowest BCUT2D eigenvalue weighted by Gasteiger charge is -2.13. The van der Waals surface area contributed by atoms with Crippen LogP contribution in [0.3, 0.4) is 0 Å². The average molecular weight is 795 g/mol. The summed E-state index contributed by atoms with van der Waals surface area (Å²) in [5.74, 6) is 2.44. The van der Waals surface area contributed by atoms with Crippen LogP contribution in [-0.2, 0) is 0 Å². The molecule has 0 radical (unpaired) electrons. The molecule has 4 heterocycles. The molecule has 0 bridgehead atoms. The molecule has 11 rings (SSSR count). The molecule has 4 aromatic heterocycles. The van der Waals surface area contributed by atoms with Crippen molar-refractivity contribution < 1.29 is 0 Å². The van der Waals surface area contributed by atoms with Crippen LogP contribution in [0.4, 0.5) is 0 Å². The van der Waals surface area contributed by atoms with E-state index in [1.54, 1.807) is 0 Å². The normalized spacial score (nSPS) is 11.2. The molecule has 0 N–H and O–H groups in total. The first-order valence-electron chi connectivity index (χ1n) is 20.4. The minimum Gasteiger partial charge on any atom is -0.228 e. The fourth-order valence-electron chi connectivity index (χ4n) is 7.68. The highest BCUT2D eigenvalue weighted by Crippen LogP contribution is 2.36. The summed E-state index contributed by atoms with van der Waals surface area (Å²) >= 11 is 0. The summed E-state index contributed by atoms with van der Waals surface area (Å²) in [6.07, 6.45) is 0. The molecular formula is C54H34N8. The fourth-order valence-corrected chi connectivity index (χ4v) is 7.68. The van der Waals surface area contributed by atoms with E-state index in [1.165, 1.54) is 0 Å². The Kier molecular flexibility index (Phi) is 9.33. The summed E-state index contributed by atoms with van der Waals surface area (Å²) < 4.78 is 0. The lowest BCUT2D eigenvalue weighted by Crippen LogP contribution is -2.01. The van der Waals surface area contributed by atoms with Gasteiger partial charge in [-0.25, -0.2) is 39.9 Å². The van der Waals surface area contributed by atoms with Gasteiger partial charge in [-0.15, -0.1) is 0 Å². The number of aromatic nitrogens is 8. The molecule has 0 aliphatic carbocycles. The summed E-state index contributed by atoms with van der Waals surface area (Å²) in [6.45, 7) is 0. The van der Waals surface area contributed by atoms with Crippen LogP contribution in [0.5, 0.6) is 0 Å². The Morgan fingerprint density at radius 1 is 0.210 bits per heavy atom. The van der Waals surface area contributed by atoms with Gasteiger partial charge >= 0.3 is 0 Å². The van der Waals surface area contributed by atoms with Gasteiger partial charge in [0.2, 0.25) is 0 Å². The predicted molar refractivity (Wildman–Crippen MR) is 247 cm³/mol. The Labute approximate surface area is 357 Å². The summed E-state index contributed by atoms with van der Waals surface area (Å²) in [4.78, 5) is 41.0. The molecule has 0 aliphatic heterocycles. The van der Waals surface area contributed by atoms with E-state index in [0.29, 0.717) is 34.7 Å². The van der Waals surface area contributed by atoms with Gasteiger partial charge in [0.1, 0.15) is 11.4 Å². The number of rotatable bonds is 8. The van der Waals surface area contributed by atoms with E-state index in [1.807, 2.05) is 188 Å². The minimum atomic E-state index is 0.591. The number of para-hydroxylation sites is 2. The molecule has 0 aliphatic rings. The fraction of sp³-hybridized carbons (Fsp3) is 0. The number of nitrogens with zero attached hydrogens (tertiary/aromatic N) is 8. The molecule has 0 fully saturated rings. The van der Waals surface area contributed by atoms with Crippen molar-refractivity contribution in [3.8, 4) is 90.8 Å². The lowest BCUT2D eigenvalue weighted by molar-refractivity contribution is 1.15. The first-order valence-corrected chi connectivity index (χ1v) is 20.4. The van der Waals surface area contributed by atoms with E-state index >= 15 is 0 Å². The predicted octanol–water partition coefficient (Wildman–Crippen LogP) is 12.5. The molecule has 0 saturated heterocycles. The molecule has 0 spiro atoms. The van der Waals surface area contributed by atoms with Gasteiger partial charge in [0.05, 0.1) is 33.8 Å². The topological polar surface area (TPSA) is 103 Å². The highest BCUT2D eigenvalue weighted by Gasteiger charge is 2.19. The molecule has 11 aromatic rings. The van der Waals surface area contributed by atoms with Gasteiger partial charge in [0, 0.05) is 44.2 Å². The Morgan fingerprint density at radius 3 is 0.903 bits per heavy atom. The molecule has 8 heteroatoms.